The van der Waals surface area contributed by atoms with Crippen LogP contribution < -0.4 is 10.4 Å². The maximum atomic E-state index is 12.0. The van der Waals surface area contributed by atoms with Gasteiger partial charge in [-0.1, -0.05) is 23.4 Å². The topological polar surface area (TPSA) is 77.0 Å². The lowest BCUT2D eigenvalue weighted by Gasteiger charge is -2.05. The van der Waals surface area contributed by atoms with E-state index in [0.717, 1.165) is 0 Å². The Morgan fingerprint density at radius 1 is 1.55 bits per heavy atom. The number of carbonyl (C=O) groups excluding carboxylic acids is 1. The minimum absolute atomic E-state index is 0.102. The second-order valence-electron chi connectivity index (χ2n) is 3.93. The predicted octanol–water partition coefficient (Wildman–Crippen LogP) is 1.75. The summed E-state index contributed by atoms with van der Waals surface area (Å²) in [4.78, 5) is 23.2. The summed E-state index contributed by atoms with van der Waals surface area (Å²) in [5.41, 5.74) is 0.177. The molecule has 0 aliphatic carbocycles. The smallest absolute Gasteiger partial charge is 0.343 e. The molecule has 0 aliphatic rings. The molecule has 0 spiro atoms. The van der Waals surface area contributed by atoms with Crippen LogP contribution in [0.15, 0.2) is 28.2 Å². The lowest BCUT2D eigenvalue weighted by atomic mass is 10.1. The number of aromatic amines is 1. The van der Waals surface area contributed by atoms with E-state index in [-0.39, 0.29) is 17.2 Å². The summed E-state index contributed by atoms with van der Waals surface area (Å²) in [5, 5.41) is 6.97. The third-order valence-electron chi connectivity index (χ3n) is 2.64. The van der Waals surface area contributed by atoms with Crippen LogP contribution in [0.3, 0.4) is 0 Å². The number of rotatable bonds is 5. The highest BCUT2D eigenvalue weighted by Gasteiger charge is 2.12. The van der Waals surface area contributed by atoms with Crippen molar-refractivity contribution in [1.29, 1.82) is 0 Å². The summed E-state index contributed by atoms with van der Waals surface area (Å²) >= 11 is 7.16. The van der Waals surface area contributed by atoms with E-state index in [1.807, 2.05) is 0 Å². The number of thioether (sulfide) groups is 1. The SMILES string of the molecule is COc1ccc(C(=O)CSc2n[nH]c(=O)n2C)cc1Cl. The van der Waals surface area contributed by atoms with Crippen LogP contribution in [0, 0.1) is 0 Å². The molecule has 0 aliphatic heterocycles. The number of aromatic nitrogens is 3. The van der Waals surface area contributed by atoms with E-state index in [9.17, 15) is 9.59 Å². The molecule has 106 valence electrons. The predicted molar refractivity (Wildman–Crippen MR) is 76.9 cm³/mol. The van der Waals surface area contributed by atoms with Crippen molar-refractivity contribution in [3.05, 3.63) is 39.3 Å². The highest BCUT2D eigenvalue weighted by Crippen LogP contribution is 2.26. The average Bonchev–Trinajstić information content (AvgIpc) is 2.76. The number of ketones is 1. The zero-order chi connectivity index (χ0) is 14.7. The molecule has 0 amide bonds. The van der Waals surface area contributed by atoms with Crippen LogP contribution in [0.5, 0.6) is 5.75 Å². The maximum absolute atomic E-state index is 12.0. The van der Waals surface area contributed by atoms with E-state index >= 15 is 0 Å². The first-order chi connectivity index (χ1) is 9.52. The fraction of sp³-hybridized carbons (Fsp3) is 0.250. The van der Waals surface area contributed by atoms with Crippen molar-refractivity contribution in [2.75, 3.05) is 12.9 Å². The lowest BCUT2D eigenvalue weighted by Crippen LogP contribution is -2.13. The second-order valence-corrected chi connectivity index (χ2v) is 5.28. The van der Waals surface area contributed by atoms with E-state index in [1.165, 1.54) is 23.4 Å². The van der Waals surface area contributed by atoms with Crippen molar-refractivity contribution in [1.82, 2.24) is 14.8 Å². The van der Waals surface area contributed by atoms with Crippen LogP contribution in [-0.2, 0) is 7.05 Å². The Labute approximate surface area is 124 Å². The van der Waals surface area contributed by atoms with Gasteiger partial charge in [0.25, 0.3) is 0 Å². The number of nitrogens with one attached hydrogen (secondary N) is 1. The fourth-order valence-corrected chi connectivity index (χ4v) is 2.59. The fourth-order valence-electron chi connectivity index (χ4n) is 1.51. The molecule has 0 bridgehead atoms. The number of Topliss-reactive ketones (excluding diaryl/α,β-unsaturated/α-hetero) is 1. The van der Waals surface area contributed by atoms with Crippen molar-refractivity contribution in [2.24, 2.45) is 7.05 Å². The van der Waals surface area contributed by atoms with E-state index < -0.39 is 0 Å². The molecule has 20 heavy (non-hydrogen) atoms. The summed E-state index contributed by atoms with van der Waals surface area (Å²) in [6.07, 6.45) is 0. The van der Waals surface area contributed by atoms with E-state index in [2.05, 4.69) is 10.2 Å². The number of benzene rings is 1. The van der Waals surface area contributed by atoms with Gasteiger partial charge in [-0.05, 0) is 18.2 Å². The third-order valence-corrected chi connectivity index (χ3v) is 3.97. The summed E-state index contributed by atoms with van der Waals surface area (Å²) in [6.45, 7) is 0. The van der Waals surface area contributed by atoms with Crippen molar-refractivity contribution in [2.45, 2.75) is 5.16 Å². The average molecular weight is 314 g/mol. The summed E-state index contributed by atoms with van der Waals surface area (Å²) in [5.74, 6) is 0.585. The van der Waals surface area contributed by atoms with Crippen molar-refractivity contribution >= 4 is 29.1 Å². The van der Waals surface area contributed by atoms with E-state index in [1.54, 1.807) is 25.2 Å². The molecule has 0 saturated carbocycles. The van der Waals surface area contributed by atoms with Crippen LogP contribution in [0.2, 0.25) is 5.02 Å². The molecule has 0 atom stereocenters. The Hall–Kier alpha value is -1.73. The maximum Gasteiger partial charge on any atom is 0.343 e. The lowest BCUT2D eigenvalue weighted by molar-refractivity contribution is 0.102. The van der Waals surface area contributed by atoms with Gasteiger partial charge in [-0.2, -0.15) is 0 Å². The van der Waals surface area contributed by atoms with Crippen LogP contribution in [0.4, 0.5) is 0 Å². The van der Waals surface area contributed by atoms with Gasteiger partial charge in [-0.25, -0.2) is 9.89 Å². The first-order valence-corrected chi connectivity index (χ1v) is 7.00. The summed E-state index contributed by atoms with van der Waals surface area (Å²) in [6, 6.07) is 4.86. The Kier molecular flexibility index (Phi) is 4.51. The number of halogens is 1. The molecule has 1 aromatic heterocycles. The zero-order valence-electron chi connectivity index (χ0n) is 10.8. The first kappa shape index (κ1) is 14.7. The summed E-state index contributed by atoms with van der Waals surface area (Å²) < 4.78 is 6.37. The molecular formula is C12H12ClN3O3S. The van der Waals surface area contributed by atoms with Gasteiger partial charge in [0.15, 0.2) is 10.9 Å². The molecule has 0 radical (unpaired) electrons. The molecule has 1 heterocycles. The number of carbonyl (C=O) groups is 1. The Morgan fingerprint density at radius 3 is 2.85 bits per heavy atom. The second kappa shape index (κ2) is 6.15. The van der Waals surface area contributed by atoms with Gasteiger partial charge in [0.2, 0.25) is 0 Å². The Morgan fingerprint density at radius 2 is 2.30 bits per heavy atom. The molecule has 2 rings (SSSR count). The molecule has 6 nitrogen and oxygen atoms in total. The minimum Gasteiger partial charge on any atom is -0.495 e. The number of methoxy groups -OCH3 is 1. The van der Waals surface area contributed by atoms with E-state index in [0.29, 0.717) is 21.5 Å². The summed E-state index contributed by atoms with van der Waals surface area (Å²) in [7, 11) is 3.10. The van der Waals surface area contributed by atoms with Crippen LogP contribution in [0.25, 0.3) is 0 Å². The van der Waals surface area contributed by atoms with Gasteiger partial charge in [0.05, 0.1) is 17.9 Å². The van der Waals surface area contributed by atoms with Crippen LogP contribution >= 0.6 is 23.4 Å². The number of ether oxygens (including phenoxy) is 1. The van der Waals surface area contributed by atoms with Crippen molar-refractivity contribution in [3.63, 3.8) is 0 Å². The van der Waals surface area contributed by atoms with E-state index in [4.69, 9.17) is 16.3 Å². The molecule has 2 aromatic rings. The van der Waals surface area contributed by atoms with Gasteiger partial charge in [-0.3, -0.25) is 9.36 Å². The van der Waals surface area contributed by atoms with Gasteiger partial charge >= 0.3 is 5.69 Å². The number of H-pyrrole nitrogens is 1. The Bertz CT molecular complexity index is 695. The number of hydrogen-bond donors (Lipinski definition) is 1. The number of hydrogen-bond acceptors (Lipinski definition) is 5. The first-order valence-electron chi connectivity index (χ1n) is 5.64. The highest BCUT2D eigenvalue weighted by molar-refractivity contribution is 7.99. The molecule has 0 saturated heterocycles. The van der Waals surface area contributed by atoms with Gasteiger partial charge in [0.1, 0.15) is 5.75 Å². The Balaban J connectivity index is 2.07. The molecule has 0 fully saturated rings. The van der Waals surface area contributed by atoms with Crippen molar-refractivity contribution in [3.8, 4) is 5.75 Å². The van der Waals surface area contributed by atoms with Gasteiger partial charge in [0, 0.05) is 12.6 Å². The number of nitrogens with zero attached hydrogens (tertiary/aromatic N) is 2. The normalized spacial score (nSPS) is 10.6. The van der Waals surface area contributed by atoms with Crippen LogP contribution in [-0.4, -0.2) is 33.4 Å². The molecule has 1 aromatic carbocycles. The molecule has 0 unspecified atom stereocenters. The largest absolute Gasteiger partial charge is 0.495 e. The van der Waals surface area contributed by atoms with Crippen LogP contribution in [0.1, 0.15) is 10.4 Å². The molecule has 1 N–H and O–H groups in total. The zero-order valence-corrected chi connectivity index (χ0v) is 12.4. The van der Waals surface area contributed by atoms with Crippen molar-refractivity contribution < 1.29 is 9.53 Å². The molecule has 8 heteroatoms. The van der Waals surface area contributed by atoms with Gasteiger partial charge < -0.3 is 4.74 Å². The quantitative estimate of drug-likeness (QED) is 0.672. The van der Waals surface area contributed by atoms with Gasteiger partial charge in [-0.15, -0.1) is 5.10 Å². The highest BCUT2D eigenvalue weighted by atomic mass is 35.5. The minimum atomic E-state index is -0.313. The third kappa shape index (κ3) is 3.05. The standard InChI is InChI=1S/C12H12ClN3O3S/c1-16-11(18)14-15-12(16)20-6-9(17)7-3-4-10(19-2)8(13)5-7/h3-5H,6H2,1-2H3,(H,14,18). The monoisotopic (exact) mass is 313 g/mol. The molecular weight excluding hydrogens is 302 g/mol.